The molecular weight excluding hydrogens is 254 g/mol. The largest absolute Gasteiger partial charge is 0.354 e. The summed E-state index contributed by atoms with van der Waals surface area (Å²) in [6.07, 6.45) is 5.40. The lowest BCUT2D eigenvalue weighted by atomic mass is 10.0. The summed E-state index contributed by atoms with van der Waals surface area (Å²) >= 11 is 0. The molecule has 0 saturated carbocycles. The number of aromatic nitrogens is 1. The van der Waals surface area contributed by atoms with Crippen molar-refractivity contribution in [2.75, 3.05) is 0 Å². The Morgan fingerprint density at radius 3 is 2.14 bits per heavy atom. The van der Waals surface area contributed by atoms with Gasteiger partial charge in [0.2, 0.25) is 0 Å². The van der Waals surface area contributed by atoms with Gasteiger partial charge in [0.05, 0.1) is 0 Å². The molecule has 2 aromatic rings. The molecule has 0 spiro atoms. The SMILES string of the molecule is C/C=C(/C)c1cc(-c2ccc(CC)cc2)[nH]c1/C(C)=C\C. The van der Waals surface area contributed by atoms with E-state index in [-0.39, 0.29) is 0 Å². The van der Waals surface area contributed by atoms with Crippen molar-refractivity contribution in [3.05, 3.63) is 59.3 Å². The molecule has 0 aliphatic rings. The van der Waals surface area contributed by atoms with Gasteiger partial charge >= 0.3 is 0 Å². The topological polar surface area (TPSA) is 15.8 Å². The number of H-pyrrole nitrogens is 1. The fourth-order valence-electron chi connectivity index (χ4n) is 2.45. The highest BCUT2D eigenvalue weighted by Gasteiger charge is 2.11. The van der Waals surface area contributed by atoms with E-state index < -0.39 is 0 Å². The molecule has 1 aromatic heterocycles. The van der Waals surface area contributed by atoms with E-state index in [0.717, 1.165) is 6.42 Å². The maximum Gasteiger partial charge on any atom is 0.0487 e. The second-order valence-corrected chi connectivity index (χ2v) is 5.47. The third-order valence-corrected chi connectivity index (χ3v) is 4.18. The summed E-state index contributed by atoms with van der Waals surface area (Å²) in [5, 5.41) is 0. The summed E-state index contributed by atoms with van der Waals surface area (Å²) < 4.78 is 0. The molecule has 1 heterocycles. The molecule has 0 bridgehead atoms. The van der Waals surface area contributed by atoms with Crippen LogP contribution in [0.15, 0.2) is 42.5 Å². The number of aryl methyl sites for hydroxylation is 1. The van der Waals surface area contributed by atoms with Crippen molar-refractivity contribution in [3.63, 3.8) is 0 Å². The van der Waals surface area contributed by atoms with Gasteiger partial charge in [0, 0.05) is 17.0 Å². The van der Waals surface area contributed by atoms with Crippen molar-refractivity contribution in [2.45, 2.75) is 41.0 Å². The van der Waals surface area contributed by atoms with Crippen LogP contribution < -0.4 is 0 Å². The normalized spacial score (nSPS) is 12.8. The van der Waals surface area contributed by atoms with Gasteiger partial charge in [-0.25, -0.2) is 0 Å². The van der Waals surface area contributed by atoms with Crippen molar-refractivity contribution in [2.24, 2.45) is 0 Å². The molecule has 0 saturated heterocycles. The fourth-order valence-corrected chi connectivity index (χ4v) is 2.45. The van der Waals surface area contributed by atoms with E-state index in [4.69, 9.17) is 0 Å². The Hall–Kier alpha value is -2.02. The molecule has 1 nitrogen and oxygen atoms in total. The summed E-state index contributed by atoms with van der Waals surface area (Å²) in [4.78, 5) is 3.59. The fraction of sp³-hybridized carbons (Fsp3) is 0.300. The number of aromatic amines is 1. The number of rotatable bonds is 4. The molecule has 2 rings (SSSR count). The summed E-state index contributed by atoms with van der Waals surface area (Å²) in [5.41, 5.74) is 8.91. The lowest BCUT2D eigenvalue weighted by Gasteiger charge is -2.03. The molecule has 0 fully saturated rings. The first-order chi connectivity index (χ1) is 10.1. The Bertz CT molecular complexity index is 631. The maximum absolute atomic E-state index is 3.59. The Labute approximate surface area is 128 Å². The van der Waals surface area contributed by atoms with Crippen molar-refractivity contribution >= 4 is 11.1 Å². The zero-order chi connectivity index (χ0) is 15.4. The van der Waals surface area contributed by atoms with Gasteiger partial charge in [-0.15, -0.1) is 0 Å². The van der Waals surface area contributed by atoms with Gasteiger partial charge in [0.15, 0.2) is 0 Å². The highest BCUT2D eigenvalue weighted by molar-refractivity contribution is 5.80. The molecule has 1 N–H and O–H groups in total. The van der Waals surface area contributed by atoms with Crippen molar-refractivity contribution < 1.29 is 0 Å². The molecule has 0 amide bonds. The quantitative estimate of drug-likeness (QED) is 0.697. The van der Waals surface area contributed by atoms with E-state index in [1.807, 2.05) is 0 Å². The van der Waals surface area contributed by atoms with Crippen LogP contribution in [0, 0.1) is 0 Å². The first-order valence-corrected chi connectivity index (χ1v) is 7.69. The minimum Gasteiger partial charge on any atom is -0.354 e. The number of nitrogens with one attached hydrogen (secondary N) is 1. The number of allylic oxidation sites excluding steroid dienone is 4. The van der Waals surface area contributed by atoms with Gasteiger partial charge in [-0.2, -0.15) is 0 Å². The second kappa shape index (κ2) is 6.62. The molecule has 0 radical (unpaired) electrons. The van der Waals surface area contributed by atoms with Gasteiger partial charge in [0.1, 0.15) is 0 Å². The van der Waals surface area contributed by atoms with E-state index in [1.54, 1.807) is 0 Å². The number of benzene rings is 1. The average molecular weight is 279 g/mol. The molecule has 0 atom stereocenters. The van der Waals surface area contributed by atoms with Crippen molar-refractivity contribution in [3.8, 4) is 11.3 Å². The molecule has 21 heavy (non-hydrogen) atoms. The monoisotopic (exact) mass is 279 g/mol. The van der Waals surface area contributed by atoms with Crippen LogP contribution >= 0.6 is 0 Å². The van der Waals surface area contributed by atoms with Crippen LogP contribution in [-0.4, -0.2) is 4.98 Å². The van der Waals surface area contributed by atoms with Crippen LogP contribution in [0.1, 0.15) is 51.4 Å². The minimum absolute atomic E-state index is 1.08. The van der Waals surface area contributed by atoms with E-state index in [0.29, 0.717) is 0 Å². The standard InChI is InChI=1S/C20H25N/c1-6-14(4)18-13-19(21-20(18)15(5)7-2)17-11-9-16(8-3)10-12-17/h6-7,9-13,21H,8H2,1-5H3/b14-6-,15-7-. The van der Waals surface area contributed by atoms with E-state index in [1.165, 1.54) is 39.2 Å². The third-order valence-electron chi connectivity index (χ3n) is 4.18. The molecule has 1 aromatic carbocycles. The van der Waals surface area contributed by atoms with E-state index >= 15 is 0 Å². The molecule has 1 heteroatoms. The zero-order valence-electron chi connectivity index (χ0n) is 13.7. The Balaban J connectivity index is 2.52. The van der Waals surface area contributed by atoms with Gasteiger partial charge in [-0.1, -0.05) is 43.3 Å². The van der Waals surface area contributed by atoms with E-state index in [9.17, 15) is 0 Å². The van der Waals surface area contributed by atoms with Crippen LogP contribution in [0.2, 0.25) is 0 Å². The summed E-state index contributed by atoms with van der Waals surface area (Å²) in [6, 6.07) is 11.1. The highest BCUT2D eigenvalue weighted by atomic mass is 14.7. The predicted octanol–water partition coefficient (Wildman–Crippen LogP) is 6.09. The number of hydrogen-bond donors (Lipinski definition) is 1. The summed E-state index contributed by atoms with van der Waals surface area (Å²) in [7, 11) is 0. The predicted molar refractivity (Wildman–Crippen MR) is 94.3 cm³/mol. The zero-order valence-corrected chi connectivity index (χ0v) is 13.7. The second-order valence-electron chi connectivity index (χ2n) is 5.47. The third kappa shape index (κ3) is 3.18. The van der Waals surface area contributed by atoms with Gasteiger partial charge in [0.25, 0.3) is 0 Å². The van der Waals surface area contributed by atoms with Crippen LogP contribution in [-0.2, 0) is 6.42 Å². The van der Waals surface area contributed by atoms with Crippen molar-refractivity contribution in [1.29, 1.82) is 0 Å². The molecular formula is C20H25N. The van der Waals surface area contributed by atoms with Crippen molar-refractivity contribution in [1.82, 2.24) is 4.98 Å². The van der Waals surface area contributed by atoms with Crippen LogP contribution in [0.5, 0.6) is 0 Å². The van der Waals surface area contributed by atoms with Gasteiger partial charge in [-0.3, -0.25) is 0 Å². The summed E-state index contributed by atoms with van der Waals surface area (Å²) in [5.74, 6) is 0. The first kappa shape index (κ1) is 15.4. The Kier molecular flexibility index (Phi) is 4.85. The van der Waals surface area contributed by atoms with Crippen LogP contribution in [0.3, 0.4) is 0 Å². The Morgan fingerprint density at radius 1 is 1.00 bits per heavy atom. The van der Waals surface area contributed by atoms with Crippen LogP contribution in [0.25, 0.3) is 22.4 Å². The van der Waals surface area contributed by atoms with Gasteiger partial charge < -0.3 is 4.98 Å². The lowest BCUT2D eigenvalue weighted by molar-refractivity contribution is 1.14. The molecule has 0 aliphatic carbocycles. The highest BCUT2D eigenvalue weighted by Crippen LogP contribution is 2.30. The van der Waals surface area contributed by atoms with E-state index in [2.05, 4.69) is 82.1 Å². The smallest absolute Gasteiger partial charge is 0.0487 e. The minimum atomic E-state index is 1.08. The first-order valence-electron chi connectivity index (χ1n) is 7.69. The lowest BCUT2D eigenvalue weighted by Crippen LogP contribution is -1.86. The molecule has 110 valence electrons. The summed E-state index contributed by atoms with van der Waals surface area (Å²) in [6.45, 7) is 10.7. The van der Waals surface area contributed by atoms with Crippen LogP contribution in [0.4, 0.5) is 0 Å². The Morgan fingerprint density at radius 2 is 1.62 bits per heavy atom. The van der Waals surface area contributed by atoms with Gasteiger partial charge in [-0.05, 0) is 62.5 Å². The number of hydrogen-bond acceptors (Lipinski definition) is 0. The molecule has 0 unspecified atom stereocenters. The maximum atomic E-state index is 3.59. The molecule has 0 aliphatic heterocycles. The average Bonchev–Trinajstić information content (AvgIpc) is 2.98.